The molecule has 0 unspecified atom stereocenters. The van der Waals surface area contributed by atoms with Crippen molar-refractivity contribution in [1.82, 2.24) is 9.97 Å². The van der Waals surface area contributed by atoms with Crippen LogP contribution in [-0.4, -0.2) is 15.2 Å². The molecule has 0 aliphatic carbocycles. The van der Waals surface area contributed by atoms with Gasteiger partial charge in [0.1, 0.15) is 5.82 Å². The second kappa shape index (κ2) is 4.95. The zero-order valence-corrected chi connectivity index (χ0v) is 10.9. The third-order valence-corrected chi connectivity index (χ3v) is 2.73. The van der Waals surface area contributed by atoms with Gasteiger partial charge >= 0.3 is 0 Å². The largest absolute Gasteiger partial charge is 0.383 e. The summed E-state index contributed by atoms with van der Waals surface area (Å²) < 4.78 is 0.663. The minimum atomic E-state index is -0.544. The predicted octanol–water partition coefficient (Wildman–Crippen LogP) is 2.78. The highest BCUT2D eigenvalue weighted by Crippen LogP contribution is 2.22. The van der Waals surface area contributed by atoms with Gasteiger partial charge in [0.15, 0.2) is 5.65 Å². The summed E-state index contributed by atoms with van der Waals surface area (Å²) in [6.45, 7) is 0. The van der Waals surface area contributed by atoms with E-state index in [1.54, 1.807) is 12.1 Å². The van der Waals surface area contributed by atoms with Crippen LogP contribution in [0.2, 0.25) is 0 Å². The maximum Gasteiger partial charge on any atom is 0.253 e. The third kappa shape index (κ3) is 2.42. The van der Waals surface area contributed by atoms with Crippen molar-refractivity contribution in [3.8, 4) is 0 Å². The number of carbonyl (C=O) groups is 1. The molecule has 0 aliphatic heterocycles. The van der Waals surface area contributed by atoms with Gasteiger partial charge in [0.2, 0.25) is 0 Å². The molecular formula is C9H6BrCl2N3O. The first-order valence-electron chi connectivity index (χ1n) is 3.99. The number of nitrogens with zero attached hydrogens (tertiary/aromatic N) is 2. The molecule has 0 saturated heterocycles. The van der Waals surface area contributed by atoms with Crippen LogP contribution in [-0.2, 0) is 0 Å². The van der Waals surface area contributed by atoms with Gasteiger partial charge in [0, 0.05) is 11.6 Å². The molecule has 84 valence electrons. The Hall–Kier alpha value is -0.910. The van der Waals surface area contributed by atoms with Gasteiger partial charge in [-0.2, -0.15) is 0 Å². The van der Waals surface area contributed by atoms with Gasteiger partial charge < -0.3 is 5.73 Å². The summed E-state index contributed by atoms with van der Waals surface area (Å²) in [7, 11) is 0. The molecule has 0 spiro atoms. The van der Waals surface area contributed by atoms with Crippen molar-refractivity contribution >= 4 is 62.0 Å². The van der Waals surface area contributed by atoms with E-state index in [-0.39, 0.29) is 12.4 Å². The second-order valence-electron chi connectivity index (χ2n) is 2.90. The van der Waals surface area contributed by atoms with Crippen molar-refractivity contribution in [2.24, 2.45) is 0 Å². The van der Waals surface area contributed by atoms with E-state index >= 15 is 0 Å². The van der Waals surface area contributed by atoms with E-state index in [9.17, 15) is 4.79 Å². The van der Waals surface area contributed by atoms with Crippen LogP contribution in [0.4, 0.5) is 5.82 Å². The first kappa shape index (κ1) is 13.2. The zero-order chi connectivity index (χ0) is 11.0. The molecule has 2 aromatic heterocycles. The Morgan fingerprint density at radius 2 is 2.12 bits per heavy atom. The van der Waals surface area contributed by atoms with Crippen LogP contribution in [0.5, 0.6) is 0 Å². The van der Waals surface area contributed by atoms with E-state index in [1.807, 2.05) is 0 Å². The summed E-state index contributed by atoms with van der Waals surface area (Å²) >= 11 is 8.58. The lowest BCUT2D eigenvalue weighted by Crippen LogP contribution is -1.96. The number of nitrogen functional groups attached to an aromatic ring is 1. The normalized spacial score (nSPS) is 9.88. The molecule has 0 saturated carbocycles. The SMILES string of the molecule is Cl.Nc1nc2ncc(C(=O)Cl)cc2cc1Br. The number of rotatable bonds is 1. The molecule has 0 bridgehead atoms. The zero-order valence-electron chi connectivity index (χ0n) is 7.78. The van der Waals surface area contributed by atoms with Gasteiger partial charge in [-0.15, -0.1) is 12.4 Å². The Labute approximate surface area is 111 Å². The van der Waals surface area contributed by atoms with Crippen molar-refractivity contribution in [2.75, 3.05) is 5.73 Å². The molecule has 2 N–H and O–H groups in total. The fourth-order valence-electron chi connectivity index (χ4n) is 1.16. The Morgan fingerprint density at radius 1 is 1.44 bits per heavy atom. The van der Waals surface area contributed by atoms with E-state index in [2.05, 4.69) is 25.9 Å². The number of pyridine rings is 2. The fraction of sp³-hybridized carbons (Fsp3) is 0. The monoisotopic (exact) mass is 321 g/mol. The summed E-state index contributed by atoms with van der Waals surface area (Å²) in [4.78, 5) is 18.9. The predicted molar refractivity (Wildman–Crippen MR) is 69.1 cm³/mol. The van der Waals surface area contributed by atoms with E-state index in [0.717, 1.165) is 0 Å². The van der Waals surface area contributed by atoms with Gasteiger partial charge in [0.25, 0.3) is 5.24 Å². The van der Waals surface area contributed by atoms with Gasteiger partial charge in [-0.05, 0) is 39.7 Å². The molecule has 0 fully saturated rings. The molecule has 4 nitrogen and oxygen atoms in total. The summed E-state index contributed by atoms with van der Waals surface area (Å²) in [6, 6.07) is 3.36. The summed E-state index contributed by atoms with van der Waals surface area (Å²) in [5, 5.41) is 0.167. The molecule has 7 heteroatoms. The second-order valence-corrected chi connectivity index (χ2v) is 4.10. The highest BCUT2D eigenvalue weighted by molar-refractivity contribution is 9.10. The molecule has 0 aromatic carbocycles. The van der Waals surface area contributed by atoms with Crippen molar-refractivity contribution in [1.29, 1.82) is 0 Å². The summed E-state index contributed by atoms with van der Waals surface area (Å²) in [5.74, 6) is 0.361. The van der Waals surface area contributed by atoms with Crippen molar-refractivity contribution in [3.05, 3.63) is 28.4 Å². The Kier molecular flexibility index (Phi) is 4.07. The Morgan fingerprint density at radius 3 is 2.75 bits per heavy atom. The van der Waals surface area contributed by atoms with Crippen molar-refractivity contribution in [2.45, 2.75) is 0 Å². The van der Waals surface area contributed by atoms with Crippen molar-refractivity contribution < 1.29 is 4.79 Å². The van der Waals surface area contributed by atoms with Crippen LogP contribution < -0.4 is 5.73 Å². The van der Waals surface area contributed by atoms with Crippen LogP contribution in [0.15, 0.2) is 22.8 Å². The summed E-state index contributed by atoms with van der Waals surface area (Å²) in [5.41, 5.74) is 6.41. The molecule has 16 heavy (non-hydrogen) atoms. The average molecular weight is 323 g/mol. The lowest BCUT2D eigenvalue weighted by atomic mass is 10.2. The molecule has 2 aromatic rings. The first-order valence-corrected chi connectivity index (χ1v) is 5.16. The van der Waals surface area contributed by atoms with Crippen LogP contribution in [0.3, 0.4) is 0 Å². The highest BCUT2D eigenvalue weighted by atomic mass is 79.9. The third-order valence-electron chi connectivity index (χ3n) is 1.88. The molecule has 0 amide bonds. The number of hydrogen-bond donors (Lipinski definition) is 1. The lowest BCUT2D eigenvalue weighted by Gasteiger charge is -2.01. The number of anilines is 1. The van der Waals surface area contributed by atoms with Crippen LogP contribution in [0, 0.1) is 0 Å². The van der Waals surface area contributed by atoms with Gasteiger partial charge in [-0.25, -0.2) is 9.97 Å². The number of carbonyl (C=O) groups excluding carboxylic acids is 1. The van der Waals surface area contributed by atoms with E-state index in [4.69, 9.17) is 17.3 Å². The van der Waals surface area contributed by atoms with Gasteiger partial charge in [-0.1, -0.05) is 0 Å². The van der Waals surface area contributed by atoms with E-state index in [0.29, 0.717) is 26.9 Å². The van der Waals surface area contributed by atoms with Gasteiger partial charge in [-0.3, -0.25) is 4.79 Å². The highest BCUT2D eigenvalue weighted by Gasteiger charge is 2.06. The van der Waals surface area contributed by atoms with Crippen molar-refractivity contribution in [3.63, 3.8) is 0 Å². The fourth-order valence-corrected chi connectivity index (χ4v) is 1.60. The molecule has 0 aliphatic rings. The minimum absolute atomic E-state index is 0. The molecule has 0 radical (unpaired) electrons. The van der Waals surface area contributed by atoms with Crippen LogP contribution in [0.1, 0.15) is 10.4 Å². The number of nitrogens with two attached hydrogens (primary N) is 1. The topological polar surface area (TPSA) is 68.9 Å². The van der Waals surface area contributed by atoms with Gasteiger partial charge in [0.05, 0.1) is 10.0 Å². The number of fused-ring (bicyclic) bond motifs is 1. The smallest absolute Gasteiger partial charge is 0.253 e. The maximum atomic E-state index is 10.9. The molecule has 0 atom stereocenters. The van der Waals surface area contributed by atoms with E-state index in [1.165, 1.54) is 6.20 Å². The van der Waals surface area contributed by atoms with Crippen LogP contribution >= 0.6 is 39.9 Å². The number of aromatic nitrogens is 2. The Bertz CT molecular complexity index is 562. The molecule has 2 rings (SSSR count). The number of hydrogen-bond acceptors (Lipinski definition) is 4. The first-order chi connectivity index (χ1) is 7.08. The molecule has 2 heterocycles. The standard InChI is InChI=1S/C9H5BrClN3O.ClH/c10-6-2-4-1-5(7(11)15)3-13-9(4)14-8(6)12;/h1-3H,(H2,12,13,14);1H. The maximum absolute atomic E-state index is 10.9. The average Bonchev–Trinajstić information content (AvgIpc) is 2.19. The van der Waals surface area contributed by atoms with E-state index < -0.39 is 5.24 Å². The quantitative estimate of drug-likeness (QED) is 0.820. The lowest BCUT2D eigenvalue weighted by molar-refractivity contribution is 0.108. The Balaban J connectivity index is 0.00000128. The number of halogens is 3. The molecular weight excluding hydrogens is 317 g/mol. The minimum Gasteiger partial charge on any atom is -0.383 e. The van der Waals surface area contributed by atoms with Crippen LogP contribution in [0.25, 0.3) is 11.0 Å². The summed E-state index contributed by atoms with van der Waals surface area (Å²) in [6.07, 6.45) is 1.37.